The van der Waals surface area contributed by atoms with Gasteiger partial charge in [-0.15, -0.1) is 0 Å². The summed E-state index contributed by atoms with van der Waals surface area (Å²) in [6.45, 7) is 4.40. The van der Waals surface area contributed by atoms with Crippen LogP contribution in [0.3, 0.4) is 0 Å². The second kappa shape index (κ2) is 4.06. The standard InChI is InChI=1S/C16H16OS/c1-11(2)16(18)12-7-3-5-9-14(12)17-15-10-6-4-8-13(15)16/h3-11,18H,1-2H3. The molecule has 0 saturated carbocycles. The monoisotopic (exact) mass is 256 g/mol. The number of hydrogen-bond donors (Lipinski definition) is 1. The predicted molar refractivity (Wildman–Crippen MR) is 77.6 cm³/mol. The van der Waals surface area contributed by atoms with Crippen LogP contribution in [-0.2, 0) is 4.75 Å². The lowest BCUT2D eigenvalue weighted by Gasteiger charge is -2.39. The van der Waals surface area contributed by atoms with Gasteiger partial charge in [-0.2, -0.15) is 12.6 Å². The van der Waals surface area contributed by atoms with E-state index in [2.05, 4.69) is 26.0 Å². The molecule has 0 fully saturated rings. The average molecular weight is 256 g/mol. The maximum atomic E-state index is 5.97. The van der Waals surface area contributed by atoms with Crippen LogP contribution in [0.25, 0.3) is 0 Å². The Morgan fingerprint density at radius 1 is 0.889 bits per heavy atom. The average Bonchev–Trinajstić information content (AvgIpc) is 2.39. The van der Waals surface area contributed by atoms with E-state index in [9.17, 15) is 0 Å². The molecule has 1 aliphatic heterocycles. The molecular weight excluding hydrogens is 240 g/mol. The fraction of sp³-hybridized carbons (Fsp3) is 0.250. The van der Waals surface area contributed by atoms with Gasteiger partial charge in [0.25, 0.3) is 0 Å². The molecule has 0 bridgehead atoms. The first-order chi connectivity index (χ1) is 8.64. The third-order valence-electron chi connectivity index (χ3n) is 3.65. The number of fused-ring (bicyclic) bond motifs is 2. The van der Waals surface area contributed by atoms with E-state index in [1.165, 1.54) is 0 Å². The molecule has 0 spiro atoms. The Kier molecular flexibility index (Phi) is 2.63. The minimum absolute atomic E-state index is 0.286. The maximum Gasteiger partial charge on any atom is 0.132 e. The number of benzene rings is 2. The minimum atomic E-state index is -0.286. The van der Waals surface area contributed by atoms with Gasteiger partial charge in [-0.25, -0.2) is 0 Å². The first kappa shape index (κ1) is 11.7. The molecule has 0 aliphatic carbocycles. The van der Waals surface area contributed by atoms with E-state index in [1.807, 2.05) is 36.4 Å². The Labute approximate surface area is 113 Å². The number of thiol groups is 1. The van der Waals surface area contributed by atoms with Crippen molar-refractivity contribution >= 4 is 12.6 Å². The summed E-state index contributed by atoms with van der Waals surface area (Å²) in [5.74, 6) is 2.21. The molecule has 1 aliphatic rings. The normalized spacial score (nSPS) is 15.8. The molecule has 1 heterocycles. The fourth-order valence-corrected chi connectivity index (χ4v) is 3.00. The summed E-state index contributed by atoms with van der Waals surface area (Å²) in [5.41, 5.74) is 2.31. The van der Waals surface area contributed by atoms with Crippen molar-refractivity contribution in [3.05, 3.63) is 59.7 Å². The second-order valence-electron chi connectivity index (χ2n) is 5.02. The molecule has 2 aromatic carbocycles. The molecule has 3 rings (SSSR count). The van der Waals surface area contributed by atoms with Crippen LogP contribution in [0.2, 0.25) is 0 Å². The van der Waals surface area contributed by atoms with E-state index in [0.29, 0.717) is 5.92 Å². The number of para-hydroxylation sites is 2. The van der Waals surface area contributed by atoms with Crippen LogP contribution in [-0.4, -0.2) is 0 Å². The summed E-state index contributed by atoms with van der Waals surface area (Å²) in [7, 11) is 0. The van der Waals surface area contributed by atoms with E-state index in [-0.39, 0.29) is 4.75 Å². The van der Waals surface area contributed by atoms with Crippen LogP contribution in [0, 0.1) is 5.92 Å². The maximum absolute atomic E-state index is 5.97. The Bertz CT molecular complexity index is 544. The molecule has 0 unspecified atom stereocenters. The fourth-order valence-electron chi connectivity index (χ4n) is 2.63. The predicted octanol–water partition coefficient (Wildman–Crippen LogP) is 4.62. The number of hydrogen-bond acceptors (Lipinski definition) is 2. The zero-order valence-corrected chi connectivity index (χ0v) is 11.4. The van der Waals surface area contributed by atoms with Crippen LogP contribution in [0.4, 0.5) is 0 Å². The van der Waals surface area contributed by atoms with Gasteiger partial charge in [-0.3, -0.25) is 0 Å². The first-order valence-corrected chi connectivity index (χ1v) is 6.68. The van der Waals surface area contributed by atoms with Crippen LogP contribution in [0.1, 0.15) is 25.0 Å². The largest absolute Gasteiger partial charge is 0.457 e. The highest BCUT2D eigenvalue weighted by molar-refractivity contribution is 7.81. The third kappa shape index (κ3) is 1.49. The lowest BCUT2D eigenvalue weighted by molar-refractivity contribution is 0.403. The molecule has 2 heteroatoms. The van der Waals surface area contributed by atoms with Gasteiger partial charge in [0.05, 0.1) is 4.75 Å². The number of ether oxygens (including phenoxy) is 1. The Balaban J connectivity index is 2.31. The van der Waals surface area contributed by atoms with Crippen molar-refractivity contribution in [2.75, 3.05) is 0 Å². The van der Waals surface area contributed by atoms with Crippen LogP contribution in [0.15, 0.2) is 48.5 Å². The van der Waals surface area contributed by atoms with Crippen molar-refractivity contribution in [3.63, 3.8) is 0 Å². The second-order valence-corrected chi connectivity index (χ2v) is 5.72. The summed E-state index contributed by atoms with van der Waals surface area (Å²) in [4.78, 5) is 0. The van der Waals surface area contributed by atoms with E-state index in [1.54, 1.807) is 0 Å². The van der Waals surface area contributed by atoms with Gasteiger partial charge in [0, 0.05) is 11.1 Å². The molecule has 0 radical (unpaired) electrons. The molecule has 0 N–H and O–H groups in total. The third-order valence-corrected chi connectivity index (χ3v) is 4.65. The van der Waals surface area contributed by atoms with Crippen molar-refractivity contribution in [1.29, 1.82) is 0 Å². The molecular formula is C16H16OS. The zero-order chi connectivity index (χ0) is 12.8. The lowest BCUT2D eigenvalue weighted by atomic mass is 9.79. The van der Waals surface area contributed by atoms with E-state index >= 15 is 0 Å². The van der Waals surface area contributed by atoms with Crippen molar-refractivity contribution < 1.29 is 4.74 Å². The molecule has 92 valence electrons. The first-order valence-electron chi connectivity index (χ1n) is 6.23. The van der Waals surface area contributed by atoms with Crippen LogP contribution >= 0.6 is 12.6 Å². The summed E-state index contributed by atoms with van der Waals surface area (Å²) in [5, 5.41) is 0. The SMILES string of the molecule is CC(C)C1(S)c2ccccc2Oc2ccccc21. The van der Waals surface area contributed by atoms with Crippen molar-refractivity contribution in [3.8, 4) is 11.5 Å². The van der Waals surface area contributed by atoms with Crippen molar-refractivity contribution in [2.24, 2.45) is 5.92 Å². The summed E-state index contributed by atoms with van der Waals surface area (Å²) in [6, 6.07) is 16.3. The van der Waals surface area contributed by atoms with Crippen molar-refractivity contribution in [2.45, 2.75) is 18.6 Å². The van der Waals surface area contributed by atoms with Gasteiger partial charge in [0.1, 0.15) is 11.5 Å². The minimum Gasteiger partial charge on any atom is -0.457 e. The summed E-state index contributed by atoms with van der Waals surface area (Å²) in [6.07, 6.45) is 0. The van der Waals surface area contributed by atoms with Gasteiger partial charge in [-0.1, -0.05) is 50.2 Å². The van der Waals surface area contributed by atoms with Crippen molar-refractivity contribution in [1.82, 2.24) is 0 Å². The van der Waals surface area contributed by atoms with E-state index in [0.717, 1.165) is 22.6 Å². The lowest BCUT2D eigenvalue weighted by Crippen LogP contribution is -2.30. The van der Waals surface area contributed by atoms with Gasteiger partial charge >= 0.3 is 0 Å². The van der Waals surface area contributed by atoms with Crippen LogP contribution in [0.5, 0.6) is 11.5 Å². The highest BCUT2D eigenvalue weighted by Crippen LogP contribution is 2.53. The topological polar surface area (TPSA) is 9.23 Å². The highest BCUT2D eigenvalue weighted by atomic mass is 32.1. The Hall–Kier alpha value is -1.41. The quantitative estimate of drug-likeness (QED) is 0.732. The number of rotatable bonds is 1. The molecule has 0 saturated heterocycles. The van der Waals surface area contributed by atoms with Crippen LogP contribution < -0.4 is 4.74 Å². The molecule has 18 heavy (non-hydrogen) atoms. The zero-order valence-electron chi connectivity index (χ0n) is 10.6. The molecule has 2 aromatic rings. The Morgan fingerprint density at radius 2 is 1.33 bits per heavy atom. The summed E-state index contributed by atoms with van der Waals surface area (Å²) >= 11 is 5.02. The van der Waals surface area contributed by atoms with E-state index in [4.69, 9.17) is 17.4 Å². The molecule has 0 atom stereocenters. The molecule has 0 aromatic heterocycles. The molecule has 0 amide bonds. The van der Waals surface area contributed by atoms with Gasteiger partial charge in [-0.05, 0) is 18.1 Å². The smallest absolute Gasteiger partial charge is 0.132 e. The summed E-state index contributed by atoms with van der Waals surface area (Å²) < 4.78 is 5.69. The highest BCUT2D eigenvalue weighted by Gasteiger charge is 2.41. The van der Waals surface area contributed by atoms with Gasteiger partial charge in [0.15, 0.2) is 0 Å². The van der Waals surface area contributed by atoms with E-state index < -0.39 is 0 Å². The van der Waals surface area contributed by atoms with Gasteiger partial charge < -0.3 is 4.74 Å². The molecule has 1 nitrogen and oxygen atoms in total. The Morgan fingerprint density at radius 3 is 1.78 bits per heavy atom. The van der Waals surface area contributed by atoms with Gasteiger partial charge in [0.2, 0.25) is 0 Å².